The number of halogens is 3. The highest BCUT2D eigenvalue weighted by Crippen LogP contribution is 2.36. The van der Waals surface area contributed by atoms with E-state index < -0.39 is 0 Å². The number of thiophene rings is 1. The van der Waals surface area contributed by atoms with Crippen molar-refractivity contribution in [2.75, 3.05) is 18.4 Å². The lowest BCUT2D eigenvalue weighted by molar-refractivity contribution is 0.211. The lowest BCUT2D eigenvalue weighted by Crippen LogP contribution is -2.39. The molecule has 3 heterocycles. The molecule has 4 rings (SSSR count). The van der Waals surface area contributed by atoms with Crippen molar-refractivity contribution in [3.8, 4) is 6.07 Å². The molecule has 1 N–H and O–H groups in total. The van der Waals surface area contributed by atoms with E-state index in [2.05, 4.69) is 26.3 Å². The summed E-state index contributed by atoms with van der Waals surface area (Å²) in [5.74, 6) is 0.883. The van der Waals surface area contributed by atoms with Gasteiger partial charge < -0.3 is 5.32 Å². The summed E-state index contributed by atoms with van der Waals surface area (Å²) in [5, 5.41) is 13.9. The molecule has 0 spiro atoms. The second-order valence-electron chi connectivity index (χ2n) is 6.87. The number of aryl methyl sites for hydroxylation is 1. The molecule has 0 radical (unpaired) electrons. The Bertz CT molecular complexity index is 1010. The van der Waals surface area contributed by atoms with E-state index in [1.807, 2.05) is 31.2 Å². The lowest BCUT2D eigenvalue weighted by Gasteiger charge is -2.32. The molecule has 3 aromatic rings. The average molecular weight is 471 g/mol. The minimum Gasteiger partial charge on any atom is -0.367 e. The number of hydrogen-bond acceptors (Lipinski definition) is 6. The molecule has 2 aromatic heterocycles. The van der Waals surface area contributed by atoms with Gasteiger partial charge in [-0.15, -0.1) is 36.2 Å². The van der Waals surface area contributed by atoms with E-state index in [-0.39, 0.29) is 24.8 Å². The minimum atomic E-state index is 0. The monoisotopic (exact) mass is 469 g/mol. The first kappa shape index (κ1) is 23.7. The summed E-state index contributed by atoms with van der Waals surface area (Å²) in [5.41, 5.74) is 2.92. The van der Waals surface area contributed by atoms with Gasteiger partial charge in [-0.2, -0.15) is 5.26 Å². The molecule has 0 saturated carbocycles. The van der Waals surface area contributed by atoms with Crippen LogP contribution in [0.1, 0.15) is 29.5 Å². The SMILES string of the molecule is Cc1c(Cl)sc2ncnc(NC3CCN(Cc4ccccc4C#N)CC3)c12.Cl.Cl. The van der Waals surface area contributed by atoms with Gasteiger partial charge >= 0.3 is 0 Å². The van der Waals surface area contributed by atoms with Crippen LogP contribution < -0.4 is 5.32 Å². The van der Waals surface area contributed by atoms with Gasteiger partial charge in [0.05, 0.1) is 21.4 Å². The highest BCUT2D eigenvalue weighted by atomic mass is 35.5. The third kappa shape index (κ3) is 5.11. The molecule has 154 valence electrons. The third-order valence-corrected chi connectivity index (χ3v) is 6.63. The van der Waals surface area contributed by atoms with Crippen LogP contribution in [-0.2, 0) is 6.54 Å². The Hall–Kier alpha value is -1.62. The molecule has 9 heteroatoms. The zero-order valence-corrected chi connectivity index (χ0v) is 19.1. The normalized spacial score (nSPS) is 14.7. The summed E-state index contributed by atoms with van der Waals surface area (Å²) in [4.78, 5) is 12.1. The Morgan fingerprint density at radius 2 is 1.97 bits per heavy atom. The summed E-state index contributed by atoms with van der Waals surface area (Å²) in [7, 11) is 0. The number of piperidine rings is 1. The number of aromatic nitrogens is 2. The van der Waals surface area contributed by atoms with E-state index in [0.29, 0.717) is 6.04 Å². The molecule has 0 amide bonds. The first-order valence-corrected chi connectivity index (χ1v) is 10.2. The molecule has 0 aliphatic carbocycles. The predicted octanol–water partition coefficient (Wildman–Crippen LogP) is 5.44. The van der Waals surface area contributed by atoms with Crippen molar-refractivity contribution in [1.82, 2.24) is 14.9 Å². The third-order valence-electron chi connectivity index (χ3n) is 5.13. The molecule has 1 aliphatic rings. The molecule has 0 atom stereocenters. The van der Waals surface area contributed by atoms with Crippen LogP contribution in [-0.4, -0.2) is 34.0 Å². The number of benzene rings is 1. The van der Waals surface area contributed by atoms with E-state index in [9.17, 15) is 5.26 Å². The van der Waals surface area contributed by atoms with Crippen molar-refractivity contribution in [3.63, 3.8) is 0 Å². The standard InChI is InChI=1S/C20H20ClN5S.2ClH/c1-13-17-19(23-12-24-20(17)27-18(13)21)25-16-6-8-26(9-7-16)11-15-5-3-2-4-14(15)10-22;;/h2-5,12,16H,6-9,11H2,1H3,(H,23,24,25);2*1H. The molecule has 1 fully saturated rings. The molecule has 1 saturated heterocycles. The molecular weight excluding hydrogens is 449 g/mol. The molecule has 5 nitrogen and oxygen atoms in total. The average Bonchev–Trinajstić information content (AvgIpc) is 2.99. The maximum Gasteiger partial charge on any atom is 0.138 e. The highest BCUT2D eigenvalue weighted by molar-refractivity contribution is 7.22. The number of nitrogens with one attached hydrogen (secondary N) is 1. The van der Waals surface area contributed by atoms with Gasteiger partial charge in [0.1, 0.15) is 17.0 Å². The Labute approximate surface area is 191 Å². The second-order valence-corrected chi connectivity index (χ2v) is 8.47. The second kappa shape index (κ2) is 10.4. The van der Waals surface area contributed by atoms with Crippen molar-refractivity contribution >= 4 is 63.8 Å². The Morgan fingerprint density at radius 1 is 1.24 bits per heavy atom. The van der Waals surface area contributed by atoms with Crippen LogP contribution in [0.4, 0.5) is 5.82 Å². The van der Waals surface area contributed by atoms with E-state index in [1.165, 1.54) is 11.3 Å². The molecular formula is C20H22Cl3N5S. The summed E-state index contributed by atoms with van der Waals surface area (Å²) in [6, 6.07) is 10.5. The van der Waals surface area contributed by atoms with E-state index in [0.717, 1.165) is 69.5 Å². The largest absolute Gasteiger partial charge is 0.367 e. The van der Waals surface area contributed by atoms with Gasteiger partial charge in [0.25, 0.3) is 0 Å². The maximum absolute atomic E-state index is 9.27. The number of fused-ring (bicyclic) bond motifs is 1. The zero-order valence-electron chi connectivity index (χ0n) is 15.9. The van der Waals surface area contributed by atoms with Gasteiger partial charge in [-0.05, 0) is 37.0 Å². The van der Waals surface area contributed by atoms with Crippen LogP contribution in [0.5, 0.6) is 0 Å². The van der Waals surface area contributed by atoms with Crippen molar-refractivity contribution in [1.29, 1.82) is 5.26 Å². The zero-order chi connectivity index (χ0) is 18.8. The van der Waals surface area contributed by atoms with Gasteiger partial charge in [-0.25, -0.2) is 9.97 Å². The van der Waals surface area contributed by atoms with E-state index >= 15 is 0 Å². The number of nitrogens with zero attached hydrogens (tertiary/aromatic N) is 4. The van der Waals surface area contributed by atoms with Crippen LogP contribution >= 0.6 is 47.8 Å². The Balaban J connectivity index is 0.00000150. The molecule has 29 heavy (non-hydrogen) atoms. The fourth-order valence-electron chi connectivity index (χ4n) is 3.59. The van der Waals surface area contributed by atoms with Crippen molar-refractivity contribution in [3.05, 3.63) is 51.6 Å². The number of nitriles is 1. The fraction of sp³-hybridized carbons (Fsp3) is 0.350. The van der Waals surface area contributed by atoms with Gasteiger partial charge in [0.2, 0.25) is 0 Å². The fourth-order valence-corrected chi connectivity index (χ4v) is 4.78. The van der Waals surface area contributed by atoms with Gasteiger partial charge in [-0.3, -0.25) is 4.90 Å². The topological polar surface area (TPSA) is 64.8 Å². The summed E-state index contributed by atoms with van der Waals surface area (Å²) in [6.07, 6.45) is 3.68. The Kier molecular flexibility index (Phi) is 8.50. The van der Waals surface area contributed by atoms with Crippen LogP contribution in [0.2, 0.25) is 4.34 Å². The maximum atomic E-state index is 9.27. The molecule has 0 bridgehead atoms. The number of likely N-dealkylation sites (tertiary alicyclic amines) is 1. The van der Waals surface area contributed by atoms with Crippen LogP contribution in [0.15, 0.2) is 30.6 Å². The quantitative estimate of drug-likeness (QED) is 0.549. The van der Waals surface area contributed by atoms with Gasteiger partial charge in [0.15, 0.2) is 0 Å². The minimum absolute atomic E-state index is 0. The highest BCUT2D eigenvalue weighted by Gasteiger charge is 2.22. The van der Waals surface area contributed by atoms with Gasteiger partial charge in [0, 0.05) is 25.7 Å². The summed E-state index contributed by atoms with van der Waals surface area (Å²) < 4.78 is 0.777. The Morgan fingerprint density at radius 3 is 2.69 bits per heavy atom. The first-order valence-electron chi connectivity index (χ1n) is 9.02. The number of hydrogen-bond donors (Lipinski definition) is 1. The molecule has 1 aliphatic heterocycles. The van der Waals surface area contributed by atoms with Crippen LogP contribution in [0.3, 0.4) is 0 Å². The van der Waals surface area contributed by atoms with Crippen LogP contribution in [0, 0.1) is 18.3 Å². The first-order chi connectivity index (χ1) is 13.2. The summed E-state index contributed by atoms with van der Waals surface area (Å²) >= 11 is 7.78. The molecule has 1 aromatic carbocycles. The van der Waals surface area contributed by atoms with E-state index in [1.54, 1.807) is 6.33 Å². The van der Waals surface area contributed by atoms with Gasteiger partial charge in [-0.1, -0.05) is 29.8 Å². The smallest absolute Gasteiger partial charge is 0.138 e. The summed E-state index contributed by atoms with van der Waals surface area (Å²) in [6.45, 7) is 4.84. The lowest BCUT2D eigenvalue weighted by atomic mass is 10.0. The predicted molar refractivity (Wildman–Crippen MR) is 125 cm³/mol. The van der Waals surface area contributed by atoms with E-state index in [4.69, 9.17) is 11.6 Å². The number of anilines is 1. The number of rotatable bonds is 4. The van der Waals surface area contributed by atoms with Crippen molar-refractivity contribution < 1.29 is 0 Å². The van der Waals surface area contributed by atoms with Crippen molar-refractivity contribution in [2.45, 2.75) is 32.4 Å². The van der Waals surface area contributed by atoms with Crippen molar-refractivity contribution in [2.24, 2.45) is 0 Å². The van der Waals surface area contributed by atoms with Crippen LogP contribution in [0.25, 0.3) is 10.2 Å². The molecule has 0 unspecified atom stereocenters.